The van der Waals surface area contributed by atoms with Crippen LogP contribution in [0.4, 0.5) is 17.5 Å². The van der Waals surface area contributed by atoms with Crippen molar-refractivity contribution in [3.8, 4) is 0 Å². The summed E-state index contributed by atoms with van der Waals surface area (Å²) in [5, 5.41) is 14.1. The molecule has 0 radical (unpaired) electrons. The normalized spacial score (nSPS) is 18.9. The molecule has 1 atom stereocenters. The van der Waals surface area contributed by atoms with Crippen LogP contribution in [0.2, 0.25) is 0 Å². The lowest BCUT2D eigenvalue weighted by atomic mass is 10.1. The molecule has 0 amide bonds. The van der Waals surface area contributed by atoms with Crippen LogP contribution in [0.15, 0.2) is 0 Å². The standard InChI is InChI=1S/C10H16N6O3/c1-6-8(16(17)18)9(14-10(12-6)15-11)13-7-3-2-4-19-5-7/h7H,2-5,11H2,1H3,(H2,12,13,14,15). The number of nitro groups is 1. The van der Waals surface area contributed by atoms with Crippen molar-refractivity contribution in [1.82, 2.24) is 9.97 Å². The Kier molecular flexibility index (Phi) is 4.07. The maximum atomic E-state index is 11.1. The second kappa shape index (κ2) is 5.76. The van der Waals surface area contributed by atoms with Gasteiger partial charge in [-0.3, -0.25) is 15.5 Å². The highest BCUT2D eigenvalue weighted by Crippen LogP contribution is 2.27. The van der Waals surface area contributed by atoms with Crippen molar-refractivity contribution >= 4 is 17.5 Å². The van der Waals surface area contributed by atoms with Crippen LogP contribution in [0.25, 0.3) is 0 Å². The van der Waals surface area contributed by atoms with Crippen LogP contribution in [0.1, 0.15) is 18.5 Å². The Morgan fingerprint density at radius 3 is 2.89 bits per heavy atom. The SMILES string of the molecule is Cc1nc(NN)nc(NC2CCCOC2)c1[N+](=O)[O-]. The first-order valence-electron chi connectivity index (χ1n) is 5.95. The van der Waals surface area contributed by atoms with E-state index in [1.807, 2.05) is 0 Å². The predicted octanol–water partition coefficient (Wildman–Crippen LogP) is 0.570. The fraction of sp³-hybridized carbons (Fsp3) is 0.600. The molecule has 2 rings (SSSR count). The third kappa shape index (κ3) is 3.06. The Morgan fingerprint density at radius 1 is 1.53 bits per heavy atom. The van der Waals surface area contributed by atoms with Gasteiger partial charge in [0, 0.05) is 6.61 Å². The number of nitrogens with zero attached hydrogens (tertiary/aromatic N) is 3. The number of ether oxygens (including phenoxy) is 1. The highest BCUT2D eigenvalue weighted by atomic mass is 16.6. The minimum Gasteiger partial charge on any atom is -0.379 e. The molecule has 0 spiro atoms. The van der Waals surface area contributed by atoms with Crippen LogP contribution in [-0.2, 0) is 4.74 Å². The molecule has 1 saturated heterocycles. The molecule has 104 valence electrons. The van der Waals surface area contributed by atoms with E-state index in [9.17, 15) is 10.1 Å². The van der Waals surface area contributed by atoms with Gasteiger partial charge in [-0.15, -0.1) is 0 Å². The molecule has 2 heterocycles. The van der Waals surface area contributed by atoms with Gasteiger partial charge in [0.25, 0.3) is 0 Å². The number of hydrazine groups is 1. The fourth-order valence-electron chi connectivity index (χ4n) is 2.00. The number of nitrogens with one attached hydrogen (secondary N) is 2. The number of anilines is 2. The predicted molar refractivity (Wildman–Crippen MR) is 68.7 cm³/mol. The molecule has 9 heteroatoms. The molecule has 1 unspecified atom stereocenters. The Morgan fingerprint density at radius 2 is 2.32 bits per heavy atom. The third-order valence-electron chi connectivity index (χ3n) is 2.87. The highest BCUT2D eigenvalue weighted by molar-refractivity contribution is 5.61. The Hall–Kier alpha value is -2.00. The van der Waals surface area contributed by atoms with Crippen LogP contribution in [-0.4, -0.2) is 34.1 Å². The maximum absolute atomic E-state index is 11.1. The van der Waals surface area contributed by atoms with E-state index < -0.39 is 4.92 Å². The number of aromatic nitrogens is 2. The van der Waals surface area contributed by atoms with Gasteiger partial charge in [0.05, 0.1) is 17.6 Å². The van der Waals surface area contributed by atoms with Crippen molar-refractivity contribution in [1.29, 1.82) is 0 Å². The van der Waals surface area contributed by atoms with Crippen molar-refractivity contribution in [2.45, 2.75) is 25.8 Å². The molecule has 9 nitrogen and oxygen atoms in total. The molecule has 1 aromatic rings. The summed E-state index contributed by atoms with van der Waals surface area (Å²) in [6, 6.07) is 0.00683. The largest absolute Gasteiger partial charge is 0.379 e. The molecule has 4 N–H and O–H groups in total. The van der Waals surface area contributed by atoms with Crippen molar-refractivity contribution in [3.05, 3.63) is 15.8 Å². The van der Waals surface area contributed by atoms with Gasteiger partial charge in [0.1, 0.15) is 5.69 Å². The lowest BCUT2D eigenvalue weighted by molar-refractivity contribution is -0.385. The second-order valence-electron chi connectivity index (χ2n) is 4.29. The summed E-state index contributed by atoms with van der Waals surface area (Å²) in [6.45, 7) is 2.77. The molecule has 1 aromatic heterocycles. The summed E-state index contributed by atoms with van der Waals surface area (Å²) in [4.78, 5) is 18.5. The molecular weight excluding hydrogens is 252 g/mol. The zero-order chi connectivity index (χ0) is 13.8. The van der Waals surface area contributed by atoms with Crippen molar-refractivity contribution in [2.75, 3.05) is 24.0 Å². The van der Waals surface area contributed by atoms with Gasteiger partial charge in [-0.1, -0.05) is 0 Å². The van der Waals surface area contributed by atoms with Crippen LogP contribution >= 0.6 is 0 Å². The first kappa shape index (κ1) is 13.4. The molecular formula is C10H16N6O3. The van der Waals surface area contributed by atoms with E-state index in [4.69, 9.17) is 10.6 Å². The average molecular weight is 268 g/mol. The van der Waals surface area contributed by atoms with Gasteiger partial charge in [-0.25, -0.2) is 10.8 Å². The Bertz CT molecular complexity index is 475. The molecule has 19 heavy (non-hydrogen) atoms. The summed E-state index contributed by atoms with van der Waals surface area (Å²) >= 11 is 0. The van der Waals surface area contributed by atoms with Crippen molar-refractivity contribution in [3.63, 3.8) is 0 Å². The number of nitrogen functional groups attached to an aromatic ring is 1. The summed E-state index contributed by atoms with van der Waals surface area (Å²) in [6.07, 6.45) is 1.79. The lowest BCUT2D eigenvalue weighted by Crippen LogP contribution is -2.31. The van der Waals surface area contributed by atoms with Crippen molar-refractivity contribution in [2.24, 2.45) is 5.84 Å². The molecule has 1 aliphatic rings. The molecule has 0 aliphatic carbocycles. The monoisotopic (exact) mass is 268 g/mol. The summed E-state index contributed by atoms with van der Waals surface area (Å²) in [5.74, 6) is 5.56. The van der Waals surface area contributed by atoms with E-state index in [1.54, 1.807) is 6.92 Å². The minimum absolute atomic E-state index is 0.00683. The van der Waals surface area contributed by atoms with E-state index in [1.165, 1.54) is 0 Å². The molecule has 0 saturated carbocycles. The topological polar surface area (TPSA) is 128 Å². The lowest BCUT2D eigenvalue weighted by Gasteiger charge is -2.23. The van der Waals surface area contributed by atoms with Crippen LogP contribution < -0.4 is 16.6 Å². The zero-order valence-corrected chi connectivity index (χ0v) is 10.5. The Balaban J connectivity index is 2.29. The number of aryl methyl sites for hydroxylation is 1. The number of nitrogens with two attached hydrogens (primary N) is 1. The molecule has 0 aromatic carbocycles. The van der Waals surface area contributed by atoms with Gasteiger partial charge >= 0.3 is 5.69 Å². The zero-order valence-electron chi connectivity index (χ0n) is 10.5. The second-order valence-corrected chi connectivity index (χ2v) is 4.29. The van der Waals surface area contributed by atoms with Gasteiger partial charge in [0.15, 0.2) is 0 Å². The quantitative estimate of drug-likeness (QED) is 0.410. The summed E-state index contributed by atoms with van der Waals surface area (Å²) in [7, 11) is 0. The van der Waals surface area contributed by atoms with Crippen LogP contribution in [0.3, 0.4) is 0 Å². The van der Waals surface area contributed by atoms with E-state index in [2.05, 4.69) is 20.7 Å². The third-order valence-corrected chi connectivity index (χ3v) is 2.87. The maximum Gasteiger partial charge on any atom is 0.332 e. The van der Waals surface area contributed by atoms with Crippen molar-refractivity contribution < 1.29 is 9.66 Å². The van der Waals surface area contributed by atoms with Gasteiger partial charge in [0.2, 0.25) is 11.8 Å². The first-order chi connectivity index (χ1) is 9.11. The van der Waals surface area contributed by atoms with E-state index in [0.717, 1.165) is 19.4 Å². The van der Waals surface area contributed by atoms with E-state index >= 15 is 0 Å². The molecule has 1 aliphatic heterocycles. The first-order valence-corrected chi connectivity index (χ1v) is 5.95. The fourth-order valence-corrected chi connectivity index (χ4v) is 2.00. The van der Waals surface area contributed by atoms with Crippen LogP contribution in [0.5, 0.6) is 0 Å². The highest BCUT2D eigenvalue weighted by Gasteiger charge is 2.25. The summed E-state index contributed by atoms with van der Waals surface area (Å²) < 4.78 is 5.33. The smallest absolute Gasteiger partial charge is 0.332 e. The number of hydrogen-bond acceptors (Lipinski definition) is 8. The van der Waals surface area contributed by atoms with E-state index in [0.29, 0.717) is 6.61 Å². The number of rotatable bonds is 4. The Labute approximate surface area is 109 Å². The van der Waals surface area contributed by atoms with Gasteiger partial charge < -0.3 is 10.1 Å². The molecule has 1 fully saturated rings. The number of hydrogen-bond donors (Lipinski definition) is 3. The average Bonchev–Trinajstić information content (AvgIpc) is 2.38. The van der Waals surface area contributed by atoms with Crippen LogP contribution in [0, 0.1) is 17.0 Å². The summed E-state index contributed by atoms with van der Waals surface area (Å²) in [5.41, 5.74) is 2.42. The van der Waals surface area contributed by atoms with Gasteiger partial charge in [-0.2, -0.15) is 4.98 Å². The molecule has 0 bridgehead atoms. The minimum atomic E-state index is -0.498. The van der Waals surface area contributed by atoms with Gasteiger partial charge in [-0.05, 0) is 19.8 Å². The van der Waals surface area contributed by atoms with E-state index in [-0.39, 0.29) is 29.2 Å².